The number of fused-ring (bicyclic) bond motifs is 3. The molecule has 2 aromatic rings. The van der Waals surface area contributed by atoms with Crippen molar-refractivity contribution in [3.05, 3.63) is 59.7 Å². The van der Waals surface area contributed by atoms with E-state index < -0.39 is 0 Å². The van der Waals surface area contributed by atoms with Gasteiger partial charge in [0.2, 0.25) is 5.91 Å². The zero-order valence-electron chi connectivity index (χ0n) is 12.9. The quantitative estimate of drug-likeness (QED) is 0.863. The van der Waals surface area contributed by atoms with Gasteiger partial charge in [0.25, 0.3) is 0 Å². The van der Waals surface area contributed by atoms with Crippen molar-refractivity contribution in [1.82, 2.24) is 0 Å². The minimum Gasteiger partial charge on any atom is -0.497 e. The third-order valence-corrected chi connectivity index (χ3v) is 5.07. The van der Waals surface area contributed by atoms with Gasteiger partial charge in [-0.2, -0.15) is 0 Å². The van der Waals surface area contributed by atoms with Crippen molar-refractivity contribution in [2.75, 3.05) is 12.0 Å². The van der Waals surface area contributed by atoms with Crippen LogP contribution in [0, 0.1) is 5.41 Å². The predicted octanol–water partition coefficient (Wildman–Crippen LogP) is 3.74. The minimum absolute atomic E-state index is 0.194. The molecule has 1 heterocycles. The Hall–Kier alpha value is -2.29. The average molecular weight is 293 g/mol. The standard InChI is InChI=1S/C19H19NO2/c1-19-11-16(19)15-5-3-4-6-17(15)20(18(19)21)12-13-7-9-14(22-2)10-8-13/h3-10,16H,11-12H2,1-2H3/t16-,19-/m1/s1. The maximum atomic E-state index is 12.9. The van der Waals surface area contributed by atoms with E-state index in [2.05, 4.69) is 25.1 Å². The number of carbonyl (C=O) groups excluding carboxylic acids is 1. The van der Waals surface area contributed by atoms with Gasteiger partial charge in [-0.05, 0) is 35.7 Å². The Labute approximate surface area is 130 Å². The van der Waals surface area contributed by atoms with Crippen LogP contribution in [0.2, 0.25) is 0 Å². The molecule has 1 saturated carbocycles. The molecule has 1 aliphatic carbocycles. The summed E-state index contributed by atoms with van der Waals surface area (Å²) in [6, 6.07) is 16.2. The molecule has 2 aromatic carbocycles. The molecule has 112 valence electrons. The lowest BCUT2D eigenvalue weighted by Crippen LogP contribution is -2.39. The number of amides is 1. The van der Waals surface area contributed by atoms with E-state index in [4.69, 9.17) is 4.74 Å². The van der Waals surface area contributed by atoms with Crippen molar-refractivity contribution in [3.8, 4) is 5.75 Å². The van der Waals surface area contributed by atoms with Crippen molar-refractivity contribution < 1.29 is 9.53 Å². The van der Waals surface area contributed by atoms with Gasteiger partial charge in [0, 0.05) is 11.6 Å². The number of para-hydroxylation sites is 1. The molecule has 1 fully saturated rings. The molecule has 2 atom stereocenters. The van der Waals surface area contributed by atoms with Crippen LogP contribution in [0.25, 0.3) is 0 Å². The van der Waals surface area contributed by atoms with Crippen molar-refractivity contribution >= 4 is 11.6 Å². The Morgan fingerprint density at radius 2 is 1.91 bits per heavy atom. The summed E-state index contributed by atoms with van der Waals surface area (Å²) in [5.74, 6) is 1.50. The molecular formula is C19H19NO2. The van der Waals surface area contributed by atoms with E-state index in [1.165, 1.54) is 5.56 Å². The Morgan fingerprint density at radius 1 is 1.18 bits per heavy atom. The van der Waals surface area contributed by atoms with Gasteiger partial charge in [-0.15, -0.1) is 0 Å². The van der Waals surface area contributed by atoms with Crippen LogP contribution >= 0.6 is 0 Å². The minimum atomic E-state index is -0.194. The lowest BCUT2D eigenvalue weighted by Gasteiger charge is -2.32. The first-order valence-electron chi connectivity index (χ1n) is 7.67. The topological polar surface area (TPSA) is 29.5 Å². The van der Waals surface area contributed by atoms with Gasteiger partial charge >= 0.3 is 0 Å². The highest BCUT2D eigenvalue weighted by molar-refractivity contribution is 6.04. The van der Waals surface area contributed by atoms with Gasteiger partial charge in [0.05, 0.1) is 19.1 Å². The molecule has 0 N–H and O–H groups in total. The van der Waals surface area contributed by atoms with E-state index in [0.717, 1.165) is 23.4 Å². The highest BCUT2D eigenvalue weighted by atomic mass is 16.5. The molecule has 3 heteroatoms. The maximum Gasteiger partial charge on any atom is 0.233 e. The highest BCUT2D eigenvalue weighted by Crippen LogP contribution is 2.64. The summed E-state index contributed by atoms with van der Waals surface area (Å²) in [5.41, 5.74) is 3.31. The fourth-order valence-electron chi connectivity index (χ4n) is 3.57. The van der Waals surface area contributed by atoms with E-state index in [0.29, 0.717) is 12.5 Å². The molecule has 2 aliphatic rings. The predicted molar refractivity (Wildman–Crippen MR) is 86.1 cm³/mol. The van der Waals surface area contributed by atoms with Gasteiger partial charge in [-0.1, -0.05) is 37.3 Å². The van der Waals surface area contributed by atoms with Crippen LogP contribution < -0.4 is 9.64 Å². The number of anilines is 1. The second-order valence-electron chi connectivity index (χ2n) is 6.47. The van der Waals surface area contributed by atoms with Gasteiger partial charge in [0.1, 0.15) is 5.75 Å². The monoisotopic (exact) mass is 293 g/mol. The molecule has 0 bridgehead atoms. The highest BCUT2D eigenvalue weighted by Gasteiger charge is 2.61. The van der Waals surface area contributed by atoms with Crippen molar-refractivity contribution in [2.45, 2.75) is 25.8 Å². The first-order valence-corrected chi connectivity index (χ1v) is 7.67. The molecule has 22 heavy (non-hydrogen) atoms. The molecule has 0 aromatic heterocycles. The van der Waals surface area contributed by atoms with Crippen LogP contribution in [0.4, 0.5) is 5.69 Å². The van der Waals surface area contributed by atoms with Crippen LogP contribution in [0.3, 0.4) is 0 Å². The normalized spacial score (nSPS) is 25.5. The van der Waals surface area contributed by atoms with Gasteiger partial charge < -0.3 is 9.64 Å². The zero-order valence-corrected chi connectivity index (χ0v) is 12.9. The van der Waals surface area contributed by atoms with Crippen LogP contribution in [0.1, 0.15) is 30.4 Å². The van der Waals surface area contributed by atoms with E-state index in [1.807, 2.05) is 35.2 Å². The van der Waals surface area contributed by atoms with E-state index in [9.17, 15) is 4.79 Å². The molecule has 4 rings (SSSR count). The first-order chi connectivity index (χ1) is 10.6. The van der Waals surface area contributed by atoms with Gasteiger partial charge in [-0.25, -0.2) is 0 Å². The summed E-state index contributed by atoms with van der Waals surface area (Å²) < 4.78 is 5.20. The third kappa shape index (κ3) is 1.85. The molecular weight excluding hydrogens is 274 g/mol. The van der Waals surface area contributed by atoms with Crippen molar-refractivity contribution in [1.29, 1.82) is 0 Å². The largest absolute Gasteiger partial charge is 0.497 e. The molecule has 1 amide bonds. The van der Waals surface area contributed by atoms with Crippen LogP contribution in [0.15, 0.2) is 48.5 Å². The molecule has 0 radical (unpaired) electrons. The molecule has 0 spiro atoms. The number of nitrogens with zero attached hydrogens (tertiary/aromatic N) is 1. The smallest absolute Gasteiger partial charge is 0.233 e. The Kier molecular flexibility index (Phi) is 2.80. The van der Waals surface area contributed by atoms with Crippen molar-refractivity contribution in [3.63, 3.8) is 0 Å². The van der Waals surface area contributed by atoms with Crippen LogP contribution in [-0.4, -0.2) is 13.0 Å². The maximum absolute atomic E-state index is 12.9. The number of rotatable bonds is 3. The summed E-state index contributed by atoms with van der Waals surface area (Å²) >= 11 is 0. The van der Waals surface area contributed by atoms with Gasteiger partial charge in [-0.3, -0.25) is 4.79 Å². The first kappa shape index (κ1) is 13.4. The second-order valence-corrected chi connectivity index (χ2v) is 6.47. The van der Waals surface area contributed by atoms with Crippen LogP contribution in [-0.2, 0) is 11.3 Å². The molecule has 0 unspecified atom stereocenters. The van der Waals surface area contributed by atoms with E-state index in [-0.39, 0.29) is 11.3 Å². The number of carbonyl (C=O) groups is 1. The number of methoxy groups -OCH3 is 1. The summed E-state index contributed by atoms with van der Waals surface area (Å²) in [5, 5.41) is 0. The Morgan fingerprint density at radius 3 is 2.64 bits per heavy atom. The van der Waals surface area contributed by atoms with Crippen molar-refractivity contribution in [2.24, 2.45) is 5.41 Å². The number of ether oxygens (including phenoxy) is 1. The Balaban J connectivity index is 1.70. The summed E-state index contributed by atoms with van der Waals surface area (Å²) in [7, 11) is 1.66. The zero-order chi connectivity index (χ0) is 15.3. The molecule has 3 nitrogen and oxygen atoms in total. The number of hydrogen-bond donors (Lipinski definition) is 0. The lowest BCUT2D eigenvalue weighted by molar-refractivity contribution is -0.123. The fourth-order valence-corrected chi connectivity index (χ4v) is 3.57. The molecule has 1 aliphatic heterocycles. The van der Waals surface area contributed by atoms with Gasteiger partial charge in [0.15, 0.2) is 0 Å². The summed E-state index contributed by atoms with van der Waals surface area (Å²) in [6.07, 6.45) is 0.974. The fraction of sp³-hybridized carbons (Fsp3) is 0.316. The third-order valence-electron chi connectivity index (χ3n) is 5.07. The van der Waals surface area contributed by atoms with E-state index in [1.54, 1.807) is 7.11 Å². The summed E-state index contributed by atoms with van der Waals surface area (Å²) in [6.45, 7) is 2.71. The summed E-state index contributed by atoms with van der Waals surface area (Å²) in [4.78, 5) is 14.8. The van der Waals surface area contributed by atoms with E-state index >= 15 is 0 Å². The second kappa shape index (κ2) is 4.60. The lowest BCUT2D eigenvalue weighted by atomic mass is 9.92. The Bertz CT molecular complexity index is 737. The SMILES string of the molecule is COc1ccc(CN2C(=O)[C@]3(C)C[C@@H]3c3ccccc32)cc1. The molecule has 0 saturated heterocycles. The van der Waals surface area contributed by atoms with Crippen LogP contribution in [0.5, 0.6) is 5.75 Å². The average Bonchev–Trinajstić information content (AvgIpc) is 3.26. The number of hydrogen-bond acceptors (Lipinski definition) is 2. The number of benzene rings is 2.